The average Bonchev–Trinajstić information content (AvgIpc) is 2.16. The third-order valence-electron chi connectivity index (χ3n) is 1.96. The largest absolute Gasteiger partial charge is 0.495 e. The third-order valence-corrected chi connectivity index (χ3v) is 3.23. The number of halogens is 2. The third kappa shape index (κ3) is 2.38. The van der Waals surface area contributed by atoms with Gasteiger partial charge in [0.1, 0.15) is 5.75 Å². The first kappa shape index (κ1) is 10.9. The van der Waals surface area contributed by atoms with Crippen molar-refractivity contribution < 1.29 is 4.74 Å². The Morgan fingerprint density at radius 1 is 1.54 bits per heavy atom. The van der Waals surface area contributed by atoms with E-state index in [-0.39, 0.29) is 0 Å². The Morgan fingerprint density at radius 3 is 2.77 bits per heavy atom. The minimum Gasteiger partial charge on any atom is -0.495 e. The molecule has 1 aromatic rings. The van der Waals surface area contributed by atoms with E-state index in [0.29, 0.717) is 10.9 Å². The van der Waals surface area contributed by atoms with Gasteiger partial charge in [-0.25, -0.2) is 0 Å². The molecule has 1 unspecified atom stereocenters. The molecule has 3 heteroatoms. The van der Waals surface area contributed by atoms with Gasteiger partial charge in [-0.05, 0) is 17.5 Å². The molecular weight excluding hydrogens is 251 g/mol. The van der Waals surface area contributed by atoms with Crippen molar-refractivity contribution in [3.05, 3.63) is 28.8 Å². The van der Waals surface area contributed by atoms with Gasteiger partial charge < -0.3 is 4.74 Å². The van der Waals surface area contributed by atoms with Crippen LogP contribution in [0.15, 0.2) is 18.2 Å². The van der Waals surface area contributed by atoms with Crippen molar-refractivity contribution in [2.24, 2.45) is 0 Å². The molecular formula is C10H12BrClO. The zero-order chi connectivity index (χ0) is 9.84. The van der Waals surface area contributed by atoms with Crippen LogP contribution in [0.2, 0.25) is 5.02 Å². The zero-order valence-corrected chi connectivity index (χ0v) is 10.0. The summed E-state index contributed by atoms with van der Waals surface area (Å²) in [6, 6.07) is 5.82. The quantitative estimate of drug-likeness (QED) is 0.753. The molecule has 13 heavy (non-hydrogen) atoms. The molecule has 72 valence electrons. The Morgan fingerprint density at radius 2 is 2.23 bits per heavy atom. The highest BCUT2D eigenvalue weighted by molar-refractivity contribution is 9.09. The van der Waals surface area contributed by atoms with Gasteiger partial charge in [0, 0.05) is 5.33 Å². The molecule has 0 aliphatic rings. The van der Waals surface area contributed by atoms with Crippen LogP contribution in [0.5, 0.6) is 5.75 Å². The summed E-state index contributed by atoms with van der Waals surface area (Å²) in [5, 5.41) is 1.58. The van der Waals surface area contributed by atoms with Gasteiger partial charge in [-0.2, -0.15) is 0 Å². The maximum atomic E-state index is 5.99. The summed E-state index contributed by atoms with van der Waals surface area (Å²) in [4.78, 5) is 0. The molecule has 0 radical (unpaired) electrons. The molecule has 1 nitrogen and oxygen atoms in total. The Kier molecular flexibility index (Phi) is 4.07. The van der Waals surface area contributed by atoms with E-state index in [1.165, 1.54) is 0 Å². The fourth-order valence-corrected chi connectivity index (χ4v) is 1.82. The summed E-state index contributed by atoms with van der Waals surface area (Å²) in [5.74, 6) is 1.20. The van der Waals surface area contributed by atoms with Crippen molar-refractivity contribution in [3.63, 3.8) is 0 Å². The lowest BCUT2D eigenvalue weighted by molar-refractivity contribution is 0.408. The Hall–Kier alpha value is -0.210. The van der Waals surface area contributed by atoms with Crippen LogP contribution in [0.1, 0.15) is 18.4 Å². The van der Waals surface area contributed by atoms with Crippen molar-refractivity contribution in [2.75, 3.05) is 12.4 Å². The van der Waals surface area contributed by atoms with Gasteiger partial charge in [-0.3, -0.25) is 0 Å². The summed E-state index contributed by atoms with van der Waals surface area (Å²) in [5.41, 5.74) is 1.15. The van der Waals surface area contributed by atoms with E-state index in [1.807, 2.05) is 18.2 Å². The van der Waals surface area contributed by atoms with Crippen LogP contribution < -0.4 is 4.74 Å². The number of hydrogen-bond donors (Lipinski definition) is 0. The van der Waals surface area contributed by atoms with Crippen LogP contribution in [0.25, 0.3) is 0 Å². The highest BCUT2D eigenvalue weighted by Crippen LogP contribution is 2.33. The molecule has 0 aliphatic heterocycles. The fourth-order valence-electron chi connectivity index (χ4n) is 1.21. The van der Waals surface area contributed by atoms with Crippen molar-refractivity contribution in [1.82, 2.24) is 0 Å². The predicted octanol–water partition coefficient (Wildman–Crippen LogP) is 3.85. The van der Waals surface area contributed by atoms with E-state index in [2.05, 4.69) is 22.9 Å². The van der Waals surface area contributed by atoms with Crippen LogP contribution in [-0.4, -0.2) is 12.4 Å². The molecule has 0 aromatic heterocycles. The van der Waals surface area contributed by atoms with E-state index >= 15 is 0 Å². The molecule has 0 amide bonds. The molecule has 1 atom stereocenters. The lowest BCUT2D eigenvalue weighted by atomic mass is 10.0. The van der Waals surface area contributed by atoms with Crippen molar-refractivity contribution in [3.8, 4) is 5.75 Å². The number of rotatable bonds is 3. The average molecular weight is 264 g/mol. The predicted molar refractivity (Wildman–Crippen MR) is 60.2 cm³/mol. The van der Waals surface area contributed by atoms with E-state index in [9.17, 15) is 0 Å². The summed E-state index contributed by atoms with van der Waals surface area (Å²) >= 11 is 9.43. The number of alkyl halides is 1. The van der Waals surface area contributed by atoms with Crippen LogP contribution in [0.3, 0.4) is 0 Å². The van der Waals surface area contributed by atoms with Gasteiger partial charge in [-0.15, -0.1) is 0 Å². The monoisotopic (exact) mass is 262 g/mol. The highest BCUT2D eigenvalue weighted by atomic mass is 79.9. The molecule has 0 heterocycles. The second-order valence-electron chi connectivity index (χ2n) is 2.92. The van der Waals surface area contributed by atoms with Crippen LogP contribution in [-0.2, 0) is 0 Å². The topological polar surface area (TPSA) is 9.23 Å². The first-order chi connectivity index (χ1) is 6.20. The highest BCUT2D eigenvalue weighted by Gasteiger charge is 2.12. The fraction of sp³-hybridized carbons (Fsp3) is 0.400. The van der Waals surface area contributed by atoms with E-state index in [1.54, 1.807) is 7.11 Å². The van der Waals surface area contributed by atoms with Crippen LogP contribution in [0.4, 0.5) is 0 Å². The molecule has 0 fully saturated rings. The van der Waals surface area contributed by atoms with Gasteiger partial charge >= 0.3 is 0 Å². The normalized spacial score (nSPS) is 12.6. The standard InChI is InChI=1S/C10H12BrClO/c1-7(6-11)8-4-3-5-9(12)10(8)13-2/h3-5,7H,6H2,1-2H3. The van der Waals surface area contributed by atoms with E-state index in [0.717, 1.165) is 16.6 Å². The maximum Gasteiger partial charge on any atom is 0.140 e. The molecule has 0 aliphatic carbocycles. The SMILES string of the molecule is COc1c(Cl)cccc1C(C)CBr. The Balaban J connectivity index is 3.12. The Labute approximate surface area is 92.2 Å². The van der Waals surface area contributed by atoms with Crippen molar-refractivity contribution >= 4 is 27.5 Å². The first-order valence-electron chi connectivity index (χ1n) is 4.09. The number of hydrogen-bond acceptors (Lipinski definition) is 1. The molecule has 1 rings (SSSR count). The number of ether oxygens (including phenoxy) is 1. The lowest BCUT2D eigenvalue weighted by Crippen LogP contribution is -1.98. The Bertz CT molecular complexity index is 288. The molecule has 0 saturated heterocycles. The van der Waals surface area contributed by atoms with Gasteiger partial charge in [0.2, 0.25) is 0 Å². The summed E-state index contributed by atoms with van der Waals surface area (Å²) < 4.78 is 5.25. The smallest absolute Gasteiger partial charge is 0.140 e. The summed E-state index contributed by atoms with van der Waals surface area (Å²) in [6.07, 6.45) is 0. The summed E-state index contributed by atoms with van der Waals surface area (Å²) in [7, 11) is 1.64. The van der Waals surface area contributed by atoms with Crippen LogP contribution in [0, 0.1) is 0 Å². The van der Waals surface area contributed by atoms with Crippen LogP contribution >= 0.6 is 27.5 Å². The minimum absolute atomic E-state index is 0.411. The van der Waals surface area contributed by atoms with Gasteiger partial charge in [0.15, 0.2) is 0 Å². The van der Waals surface area contributed by atoms with Crippen molar-refractivity contribution in [2.45, 2.75) is 12.8 Å². The minimum atomic E-state index is 0.411. The molecule has 0 bridgehead atoms. The maximum absolute atomic E-state index is 5.99. The van der Waals surface area contributed by atoms with Gasteiger partial charge in [0.25, 0.3) is 0 Å². The van der Waals surface area contributed by atoms with Gasteiger partial charge in [-0.1, -0.05) is 46.6 Å². The van der Waals surface area contributed by atoms with E-state index in [4.69, 9.17) is 16.3 Å². The zero-order valence-electron chi connectivity index (χ0n) is 7.68. The second kappa shape index (κ2) is 4.87. The molecule has 0 spiro atoms. The molecule has 0 saturated carbocycles. The van der Waals surface area contributed by atoms with E-state index < -0.39 is 0 Å². The van der Waals surface area contributed by atoms with Gasteiger partial charge in [0.05, 0.1) is 12.1 Å². The molecule has 1 aromatic carbocycles. The first-order valence-corrected chi connectivity index (χ1v) is 5.59. The lowest BCUT2D eigenvalue weighted by Gasteiger charge is -2.14. The number of para-hydroxylation sites is 1. The number of benzene rings is 1. The van der Waals surface area contributed by atoms with Crippen molar-refractivity contribution in [1.29, 1.82) is 0 Å². The molecule has 0 N–H and O–H groups in total. The number of methoxy groups -OCH3 is 1. The summed E-state index contributed by atoms with van der Waals surface area (Å²) in [6.45, 7) is 2.13. The second-order valence-corrected chi connectivity index (χ2v) is 3.97.